The second kappa shape index (κ2) is 6.02. The van der Waals surface area contributed by atoms with Gasteiger partial charge in [-0.15, -0.1) is 0 Å². The number of nitrogens with two attached hydrogens (primary N) is 1. The van der Waals surface area contributed by atoms with Gasteiger partial charge < -0.3 is 10.5 Å². The number of halogens is 1. The molecule has 96 valence electrons. The third kappa shape index (κ3) is 3.11. The largest absolute Gasteiger partial charge is 0.488 e. The van der Waals surface area contributed by atoms with Crippen LogP contribution < -0.4 is 10.5 Å². The van der Waals surface area contributed by atoms with Gasteiger partial charge in [0.1, 0.15) is 12.4 Å². The molecule has 4 nitrogen and oxygen atoms in total. The summed E-state index contributed by atoms with van der Waals surface area (Å²) in [6, 6.07) is 5.85. The van der Waals surface area contributed by atoms with Gasteiger partial charge in [-0.05, 0) is 25.1 Å². The number of nitrogens with zero attached hydrogens (tertiary/aromatic N) is 2. The van der Waals surface area contributed by atoms with Crippen LogP contribution in [0.4, 0.5) is 0 Å². The zero-order valence-corrected chi connectivity index (χ0v) is 11.9. The van der Waals surface area contributed by atoms with E-state index in [4.69, 9.17) is 10.5 Å². The van der Waals surface area contributed by atoms with Gasteiger partial charge in [-0.2, -0.15) is 5.10 Å². The first-order chi connectivity index (χ1) is 8.72. The lowest BCUT2D eigenvalue weighted by molar-refractivity contribution is 0.303. The average Bonchev–Trinajstić information content (AvgIpc) is 2.85. The second-order valence-corrected chi connectivity index (χ2v) is 4.86. The quantitative estimate of drug-likeness (QED) is 0.924. The molecule has 0 unspecified atom stereocenters. The summed E-state index contributed by atoms with van der Waals surface area (Å²) in [5, 5.41) is 4.21. The van der Waals surface area contributed by atoms with Crippen LogP contribution >= 0.6 is 15.9 Å². The van der Waals surface area contributed by atoms with Crippen molar-refractivity contribution in [3.8, 4) is 5.75 Å². The van der Waals surface area contributed by atoms with Crippen molar-refractivity contribution in [2.45, 2.75) is 26.6 Å². The fourth-order valence-corrected chi connectivity index (χ4v) is 2.07. The minimum atomic E-state index is 0.461. The first kappa shape index (κ1) is 13.1. The Balaban J connectivity index is 2.05. The number of benzene rings is 1. The van der Waals surface area contributed by atoms with Crippen molar-refractivity contribution in [2.75, 3.05) is 0 Å². The van der Waals surface area contributed by atoms with Crippen LogP contribution in [-0.2, 0) is 19.7 Å². The van der Waals surface area contributed by atoms with Crippen LogP contribution in [0.15, 0.2) is 35.1 Å². The molecule has 0 aliphatic heterocycles. The number of rotatable bonds is 5. The molecule has 0 saturated heterocycles. The Morgan fingerprint density at radius 3 is 2.94 bits per heavy atom. The van der Waals surface area contributed by atoms with E-state index in [9.17, 15) is 0 Å². The van der Waals surface area contributed by atoms with E-state index in [2.05, 4.69) is 28.0 Å². The van der Waals surface area contributed by atoms with E-state index < -0.39 is 0 Å². The van der Waals surface area contributed by atoms with E-state index in [1.54, 1.807) is 0 Å². The molecule has 0 saturated carbocycles. The zero-order valence-electron chi connectivity index (χ0n) is 10.3. The Bertz CT molecular complexity index is 525. The predicted octanol–water partition coefficient (Wildman–Crippen LogP) is 2.70. The lowest BCUT2D eigenvalue weighted by Gasteiger charge is -2.09. The minimum absolute atomic E-state index is 0.461. The Kier molecular flexibility index (Phi) is 4.38. The van der Waals surface area contributed by atoms with E-state index >= 15 is 0 Å². The van der Waals surface area contributed by atoms with Crippen LogP contribution in [0.5, 0.6) is 5.75 Å². The molecule has 2 aromatic rings. The summed E-state index contributed by atoms with van der Waals surface area (Å²) in [6.07, 6.45) is 3.81. The summed E-state index contributed by atoms with van der Waals surface area (Å²) >= 11 is 3.42. The van der Waals surface area contributed by atoms with Crippen LogP contribution in [0.2, 0.25) is 0 Å². The molecule has 1 aromatic heterocycles. The number of hydrogen-bond donors (Lipinski definition) is 1. The van der Waals surface area contributed by atoms with E-state index in [-0.39, 0.29) is 0 Å². The molecule has 0 spiro atoms. The molecule has 2 rings (SSSR count). The van der Waals surface area contributed by atoms with Gasteiger partial charge in [-0.1, -0.05) is 15.9 Å². The van der Waals surface area contributed by atoms with Crippen molar-refractivity contribution < 1.29 is 4.74 Å². The average molecular weight is 310 g/mol. The number of hydrogen-bond acceptors (Lipinski definition) is 3. The Morgan fingerprint density at radius 1 is 1.44 bits per heavy atom. The maximum atomic E-state index is 5.77. The predicted molar refractivity (Wildman–Crippen MR) is 74.3 cm³/mol. The molecular weight excluding hydrogens is 294 g/mol. The van der Waals surface area contributed by atoms with E-state index in [0.29, 0.717) is 13.2 Å². The molecule has 2 N–H and O–H groups in total. The van der Waals surface area contributed by atoms with E-state index in [1.165, 1.54) is 0 Å². The number of aryl methyl sites for hydroxylation is 1. The van der Waals surface area contributed by atoms with Gasteiger partial charge in [-0.25, -0.2) is 0 Å². The highest BCUT2D eigenvalue weighted by atomic mass is 79.9. The van der Waals surface area contributed by atoms with Gasteiger partial charge in [0, 0.05) is 34.9 Å². The normalized spacial score (nSPS) is 10.6. The van der Waals surface area contributed by atoms with Crippen LogP contribution in [0, 0.1) is 0 Å². The molecule has 0 radical (unpaired) electrons. The van der Waals surface area contributed by atoms with Crippen LogP contribution in [0.3, 0.4) is 0 Å². The summed E-state index contributed by atoms with van der Waals surface area (Å²) in [5.41, 5.74) is 7.75. The van der Waals surface area contributed by atoms with E-state index in [0.717, 1.165) is 27.9 Å². The summed E-state index contributed by atoms with van der Waals surface area (Å²) < 4.78 is 8.66. The molecular formula is C13H16BrN3O. The third-order valence-electron chi connectivity index (χ3n) is 2.65. The van der Waals surface area contributed by atoms with Gasteiger partial charge in [0.15, 0.2) is 0 Å². The maximum Gasteiger partial charge on any atom is 0.124 e. The Hall–Kier alpha value is -1.33. The van der Waals surface area contributed by atoms with Gasteiger partial charge >= 0.3 is 0 Å². The molecule has 0 amide bonds. The molecule has 0 aliphatic carbocycles. The molecule has 5 heteroatoms. The highest BCUT2D eigenvalue weighted by Crippen LogP contribution is 2.23. The van der Waals surface area contributed by atoms with Gasteiger partial charge in [0.05, 0.1) is 6.20 Å². The van der Waals surface area contributed by atoms with Crippen molar-refractivity contribution in [1.82, 2.24) is 9.78 Å². The van der Waals surface area contributed by atoms with Crippen LogP contribution in [0.1, 0.15) is 18.1 Å². The fourth-order valence-electron chi connectivity index (χ4n) is 1.66. The fraction of sp³-hybridized carbons (Fsp3) is 0.308. The van der Waals surface area contributed by atoms with Crippen molar-refractivity contribution in [1.29, 1.82) is 0 Å². The summed E-state index contributed by atoms with van der Waals surface area (Å²) in [7, 11) is 0. The van der Waals surface area contributed by atoms with E-state index in [1.807, 2.05) is 35.3 Å². The zero-order chi connectivity index (χ0) is 13.0. The Labute approximate surface area is 115 Å². The second-order valence-electron chi connectivity index (χ2n) is 3.95. The molecule has 0 aliphatic rings. The first-order valence-corrected chi connectivity index (χ1v) is 6.65. The lowest BCUT2D eigenvalue weighted by Crippen LogP contribution is -2.02. The molecule has 0 fully saturated rings. The summed E-state index contributed by atoms with van der Waals surface area (Å²) in [6.45, 7) is 3.89. The monoisotopic (exact) mass is 309 g/mol. The first-order valence-electron chi connectivity index (χ1n) is 5.85. The summed E-state index contributed by atoms with van der Waals surface area (Å²) in [4.78, 5) is 0. The molecule has 18 heavy (non-hydrogen) atoms. The highest BCUT2D eigenvalue weighted by molar-refractivity contribution is 9.10. The lowest BCUT2D eigenvalue weighted by atomic mass is 10.2. The Morgan fingerprint density at radius 2 is 2.28 bits per heavy atom. The topological polar surface area (TPSA) is 53.1 Å². The number of ether oxygens (including phenoxy) is 1. The van der Waals surface area contributed by atoms with Crippen molar-refractivity contribution in [2.24, 2.45) is 5.73 Å². The highest BCUT2D eigenvalue weighted by Gasteiger charge is 2.04. The number of aromatic nitrogens is 2. The van der Waals surface area contributed by atoms with Crippen molar-refractivity contribution in [3.05, 3.63) is 46.2 Å². The molecule has 1 aromatic carbocycles. The molecule has 0 bridgehead atoms. The minimum Gasteiger partial charge on any atom is -0.488 e. The molecule has 0 atom stereocenters. The molecule has 1 heterocycles. The van der Waals surface area contributed by atoms with Gasteiger partial charge in [-0.3, -0.25) is 4.68 Å². The van der Waals surface area contributed by atoms with Crippen LogP contribution in [-0.4, -0.2) is 9.78 Å². The van der Waals surface area contributed by atoms with Gasteiger partial charge in [0.25, 0.3) is 0 Å². The van der Waals surface area contributed by atoms with Crippen molar-refractivity contribution in [3.63, 3.8) is 0 Å². The SMILES string of the molecule is CCn1cc(COc2ccc(Br)cc2CN)cn1. The third-order valence-corrected chi connectivity index (χ3v) is 3.14. The summed E-state index contributed by atoms with van der Waals surface area (Å²) in [5.74, 6) is 0.824. The maximum absolute atomic E-state index is 5.77. The smallest absolute Gasteiger partial charge is 0.124 e. The van der Waals surface area contributed by atoms with Crippen molar-refractivity contribution >= 4 is 15.9 Å². The standard InChI is InChI=1S/C13H16BrN3O/c1-2-17-8-10(7-16-17)9-18-13-4-3-12(14)5-11(13)6-15/h3-5,7-8H,2,6,9,15H2,1H3. The van der Waals surface area contributed by atoms with Crippen LogP contribution in [0.25, 0.3) is 0 Å². The van der Waals surface area contributed by atoms with Gasteiger partial charge in [0.2, 0.25) is 0 Å².